The van der Waals surface area contributed by atoms with Crippen LogP contribution in [0.3, 0.4) is 0 Å². The molecule has 0 saturated heterocycles. The number of carbonyl (C=O) groups is 1. The lowest BCUT2D eigenvalue weighted by Crippen LogP contribution is -2.20. The summed E-state index contributed by atoms with van der Waals surface area (Å²) < 4.78 is 7.56. The van der Waals surface area contributed by atoms with E-state index < -0.39 is 5.97 Å². The lowest BCUT2D eigenvalue weighted by molar-refractivity contribution is 0.0602. The minimum absolute atomic E-state index is 0.247. The zero-order valence-corrected chi connectivity index (χ0v) is 13.6. The Morgan fingerprint density at radius 1 is 1.32 bits per heavy atom. The standard InChI is InChI=1S/C15H13N7O3/c1-7-11(14(24)25-3)12-16-6-9-10(22(12)20-7)4-5-21(13(9)23)15-17-8(2)18-19-15/h4-6H,1-3H3,(H,17,18,19). The molecule has 126 valence electrons. The number of hydrogen-bond acceptors (Lipinski definition) is 7. The van der Waals surface area contributed by atoms with Crippen molar-refractivity contribution in [2.75, 3.05) is 7.11 Å². The maximum absolute atomic E-state index is 12.8. The van der Waals surface area contributed by atoms with Crippen LogP contribution in [0.4, 0.5) is 0 Å². The number of carbonyl (C=O) groups excluding carboxylic acids is 1. The van der Waals surface area contributed by atoms with Crippen molar-refractivity contribution in [1.29, 1.82) is 0 Å². The summed E-state index contributed by atoms with van der Waals surface area (Å²) in [6.07, 6.45) is 2.97. The van der Waals surface area contributed by atoms with Gasteiger partial charge in [0.25, 0.3) is 11.5 Å². The predicted octanol–water partition coefficient (Wildman–Crippen LogP) is 0.555. The van der Waals surface area contributed by atoms with Crippen LogP contribution in [0.1, 0.15) is 21.9 Å². The fourth-order valence-electron chi connectivity index (χ4n) is 2.71. The molecule has 0 fully saturated rings. The van der Waals surface area contributed by atoms with Crippen molar-refractivity contribution < 1.29 is 9.53 Å². The van der Waals surface area contributed by atoms with Crippen LogP contribution in [-0.4, -0.2) is 47.4 Å². The Bertz CT molecular complexity index is 1200. The Morgan fingerprint density at radius 2 is 2.12 bits per heavy atom. The third-order valence-electron chi connectivity index (χ3n) is 3.88. The van der Waals surface area contributed by atoms with Crippen LogP contribution in [0.15, 0.2) is 23.3 Å². The molecule has 4 aromatic rings. The molecule has 4 rings (SSSR count). The number of rotatable bonds is 2. The number of aryl methyl sites for hydroxylation is 2. The maximum atomic E-state index is 12.8. The van der Waals surface area contributed by atoms with Crippen molar-refractivity contribution >= 4 is 22.5 Å². The number of hydrogen-bond donors (Lipinski definition) is 1. The minimum atomic E-state index is -0.524. The Balaban J connectivity index is 2.03. The van der Waals surface area contributed by atoms with Crippen molar-refractivity contribution in [3.05, 3.63) is 45.9 Å². The zero-order chi connectivity index (χ0) is 17.7. The van der Waals surface area contributed by atoms with E-state index in [1.54, 1.807) is 26.1 Å². The van der Waals surface area contributed by atoms with Gasteiger partial charge < -0.3 is 4.74 Å². The summed E-state index contributed by atoms with van der Waals surface area (Å²) in [4.78, 5) is 33.1. The molecule has 10 heteroatoms. The van der Waals surface area contributed by atoms with E-state index in [4.69, 9.17) is 4.74 Å². The van der Waals surface area contributed by atoms with Gasteiger partial charge in [-0.05, 0) is 19.9 Å². The van der Waals surface area contributed by atoms with Crippen LogP contribution in [0.5, 0.6) is 0 Å². The van der Waals surface area contributed by atoms with Crippen LogP contribution in [0, 0.1) is 13.8 Å². The Labute approximate surface area is 140 Å². The van der Waals surface area contributed by atoms with Gasteiger partial charge in [-0.2, -0.15) is 10.1 Å². The van der Waals surface area contributed by atoms with E-state index in [-0.39, 0.29) is 17.1 Å². The molecule has 4 aromatic heterocycles. The van der Waals surface area contributed by atoms with E-state index in [0.29, 0.717) is 28.1 Å². The highest BCUT2D eigenvalue weighted by atomic mass is 16.5. The van der Waals surface area contributed by atoms with Gasteiger partial charge in [-0.3, -0.25) is 9.89 Å². The Morgan fingerprint density at radius 3 is 2.80 bits per heavy atom. The second kappa shape index (κ2) is 5.23. The molecule has 0 saturated carbocycles. The number of ether oxygens (including phenoxy) is 1. The number of methoxy groups -OCH3 is 1. The third-order valence-corrected chi connectivity index (χ3v) is 3.88. The van der Waals surface area contributed by atoms with Crippen molar-refractivity contribution in [1.82, 2.24) is 34.3 Å². The van der Waals surface area contributed by atoms with Gasteiger partial charge in [0.15, 0.2) is 5.65 Å². The molecule has 0 aliphatic heterocycles. The third kappa shape index (κ3) is 2.11. The first-order valence-electron chi connectivity index (χ1n) is 7.38. The molecule has 25 heavy (non-hydrogen) atoms. The van der Waals surface area contributed by atoms with Gasteiger partial charge in [0.2, 0.25) is 0 Å². The molecule has 0 aliphatic rings. The highest BCUT2D eigenvalue weighted by Gasteiger charge is 2.21. The first-order valence-corrected chi connectivity index (χ1v) is 7.38. The van der Waals surface area contributed by atoms with Crippen LogP contribution < -0.4 is 5.56 Å². The Hall–Kier alpha value is -3.56. The first kappa shape index (κ1) is 15.0. The molecular weight excluding hydrogens is 326 g/mol. The van der Waals surface area contributed by atoms with E-state index in [2.05, 4.69) is 25.3 Å². The summed E-state index contributed by atoms with van der Waals surface area (Å²) in [6.45, 7) is 3.43. The predicted molar refractivity (Wildman–Crippen MR) is 86.8 cm³/mol. The lowest BCUT2D eigenvalue weighted by atomic mass is 10.2. The summed E-state index contributed by atoms with van der Waals surface area (Å²) in [5.74, 6) is 0.321. The monoisotopic (exact) mass is 339 g/mol. The number of aromatic amines is 1. The molecule has 0 aliphatic carbocycles. The SMILES string of the molecule is COC(=O)c1c(C)nn2c1ncc1c(=O)n(-c3n[nH]c(C)n3)ccc12. The molecule has 0 spiro atoms. The number of aromatic nitrogens is 7. The zero-order valence-electron chi connectivity index (χ0n) is 13.6. The van der Waals surface area contributed by atoms with Crippen LogP contribution in [0.25, 0.3) is 22.5 Å². The number of pyridine rings is 1. The molecule has 1 N–H and O–H groups in total. The van der Waals surface area contributed by atoms with Gasteiger partial charge in [0.05, 0.1) is 23.7 Å². The first-order chi connectivity index (χ1) is 12.0. The fourth-order valence-corrected chi connectivity index (χ4v) is 2.71. The molecule has 0 atom stereocenters. The van der Waals surface area contributed by atoms with E-state index >= 15 is 0 Å². The summed E-state index contributed by atoms with van der Waals surface area (Å²) in [5, 5.41) is 11.3. The average molecular weight is 339 g/mol. The molecule has 0 amide bonds. The average Bonchev–Trinajstić information content (AvgIpc) is 3.17. The quantitative estimate of drug-likeness (QED) is 0.530. The second-order valence-corrected chi connectivity index (χ2v) is 5.46. The van der Waals surface area contributed by atoms with Crippen molar-refractivity contribution in [2.24, 2.45) is 0 Å². The molecule has 10 nitrogen and oxygen atoms in total. The fraction of sp³-hybridized carbons (Fsp3) is 0.200. The normalized spacial score (nSPS) is 11.3. The van der Waals surface area contributed by atoms with Gasteiger partial charge in [-0.25, -0.2) is 18.9 Å². The van der Waals surface area contributed by atoms with Gasteiger partial charge in [0, 0.05) is 12.4 Å². The summed E-state index contributed by atoms with van der Waals surface area (Å²) in [7, 11) is 1.30. The molecule has 0 aromatic carbocycles. The second-order valence-electron chi connectivity index (χ2n) is 5.46. The van der Waals surface area contributed by atoms with E-state index in [9.17, 15) is 9.59 Å². The van der Waals surface area contributed by atoms with E-state index in [1.807, 2.05) is 0 Å². The number of H-pyrrole nitrogens is 1. The van der Waals surface area contributed by atoms with Gasteiger partial charge in [0.1, 0.15) is 11.4 Å². The van der Waals surface area contributed by atoms with Gasteiger partial charge in [-0.1, -0.05) is 0 Å². The van der Waals surface area contributed by atoms with Crippen LogP contribution >= 0.6 is 0 Å². The number of esters is 1. The van der Waals surface area contributed by atoms with Crippen LogP contribution in [-0.2, 0) is 4.74 Å². The Kier molecular flexibility index (Phi) is 3.14. The molecule has 0 bridgehead atoms. The highest BCUT2D eigenvalue weighted by molar-refractivity contribution is 5.98. The molecular formula is C15H13N7O3. The minimum Gasteiger partial charge on any atom is -0.465 e. The maximum Gasteiger partial charge on any atom is 0.343 e. The summed E-state index contributed by atoms with van der Waals surface area (Å²) >= 11 is 0. The lowest BCUT2D eigenvalue weighted by Gasteiger charge is -2.04. The molecule has 0 unspecified atom stereocenters. The topological polar surface area (TPSA) is 120 Å². The number of fused-ring (bicyclic) bond motifs is 3. The van der Waals surface area contributed by atoms with Crippen molar-refractivity contribution in [2.45, 2.75) is 13.8 Å². The molecule has 0 radical (unpaired) electrons. The summed E-state index contributed by atoms with van der Waals surface area (Å²) in [6, 6.07) is 1.70. The van der Waals surface area contributed by atoms with E-state index in [1.165, 1.54) is 22.4 Å². The van der Waals surface area contributed by atoms with Gasteiger partial charge >= 0.3 is 5.97 Å². The van der Waals surface area contributed by atoms with Crippen molar-refractivity contribution in [3.8, 4) is 5.95 Å². The van der Waals surface area contributed by atoms with Gasteiger partial charge in [-0.15, -0.1) is 5.10 Å². The van der Waals surface area contributed by atoms with E-state index in [0.717, 1.165) is 0 Å². The smallest absolute Gasteiger partial charge is 0.343 e. The van der Waals surface area contributed by atoms with Crippen molar-refractivity contribution in [3.63, 3.8) is 0 Å². The molecule has 4 heterocycles. The summed E-state index contributed by atoms with van der Waals surface area (Å²) in [5.41, 5.74) is 1.27. The number of nitrogens with one attached hydrogen (secondary N) is 1. The number of nitrogens with zero attached hydrogens (tertiary/aromatic N) is 6. The van der Waals surface area contributed by atoms with Crippen LogP contribution in [0.2, 0.25) is 0 Å². The largest absolute Gasteiger partial charge is 0.465 e. The highest BCUT2D eigenvalue weighted by Crippen LogP contribution is 2.19.